The summed E-state index contributed by atoms with van der Waals surface area (Å²) in [5, 5.41) is 2.97. The first kappa shape index (κ1) is 20.1. The van der Waals surface area contributed by atoms with Crippen molar-refractivity contribution < 1.29 is 0 Å². The second-order valence-corrected chi connectivity index (χ2v) is 12.2. The average Bonchev–Trinajstić information content (AvgIpc) is 2.33. The molecule has 22 heavy (non-hydrogen) atoms. The third-order valence-electron chi connectivity index (χ3n) is 3.90. The molecule has 1 aromatic rings. The van der Waals surface area contributed by atoms with Crippen molar-refractivity contribution in [2.75, 3.05) is 0 Å². The highest BCUT2D eigenvalue weighted by molar-refractivity contribution is 8.35. The van der Waals surface area contributed by atoms with Crippen LogP contribution in [0.5, 0.6) is 0 Å². The van der Waals surface area contributed by atoms with Crippen LogP contribution >= 0.6 is 18.3 Å². The van der Waals surface area contributed by atoms with E-state index in [4.69, 9.17) is 23.8 Å². The zero-order chi connectivity index (χ0) is 17.5. The highest BCUT2D eigenvalue weighted by atomic mass is 35.5. The van der Waals surface area contributed by atoms with E-state index in [1.165, 1.54) is 22.0 Å². The van der Waals surface area contributed by atoms with Gasteiger partial charge in [-0.1, -0.05) is 74.4 Å². The SMILES string of the molecule is CC(C)(C)c1cc(C(C)(C)C)c(/[P+]([S-])=C/Cl)c(C(C)(C)C)c1. The predicted molar refractivity (Wildman–Crippen MR) is 108 cm³/mol. The maximum absolute atomic E-state index is 6.06. The molecule has 1 aromatic carbocycles. The van der Waals surface area contributed by atoms with E-state index in [0.29, 0.717) is 0 Å². The fraction of sp³-hybridized carbons (Fsp3) is 0.632. The minimum absolute atomic E-state index is 0.0515. The van der Waals surface area contributed by atoms with E-state index in [1.807, 2.05) is 0 Å². The van der Waals surface area contributed by atoms with Gasteiger partial charge in [-0.3, -0.25) is 0 Å². The molecule has 0 fully saturated rings. The maximum atomic E-state index is 6.06. The van der Waals surface area contributed by atoms with E-state index < -0.39 is 6.75 Å². The normalized spacial score (nSPS) is 14.4. The van der Waals surface area contributed by atoms with Crippen molar-refractivity contribution >= 4 is 41.2 Å². The van der Waals surface area contributed by atoms with Crippen LogP contribution in [-0.4, -0.2) is 5.26 Å². The van der Waals surface area contributed by atoms with Crippen molar-refractivity contribution in [2.24, 2.45) is 0 Å². The Balaban J connectivity index is 3.95. The lowest BCUT2D eigenvalue weighted by Gasteiger charge is -2.31. The Bertz CT molecular complexity index is 546. The van der Waals surface area contributed by atoms with Crippen LogP contribution in [0, 0.1) is 0 Å². The summed E-state index contributed by atoms with van der Waals surface area (Å²) < 4.78 is 0. The van der Waals surface area contributed by atoms with E-state index in [0.717, 1.165) is 0 Å². The van der Waals surface area contributed by atoms with Gasteiger partial charge in [-0.05, 0) is 33.4 Å². The molecule has 0 nitrogen and oxygen atoms in total. The van der Waals surface area contributed by atoms with Gasteiger partial charge in [-0.25, -0.2) is 0 Å². The highest BCUT2D eigenvalue weighted by Crippen LogP contribution is 2.38. The molecule has 0 heterocycles. The molecule has 0 saturated carbocycles. The summed E-state index contributed by atoms with van der Waals surface area (Å²) in [6.45, 7) is 19.5. The predicted octanol–water partition coefficient (Wildman–Crippen LogP) is 6.15. The molecule has 0 saturated heterocycles. The van der Waals surface area contributed by atoms with E-state index >= 15 is 0 Å². The van der Waals surface area contributed by atoms with Gasteiger partial charge in [0.1, 0.15) is 5.30 Å². The van der Waals surface area contributed by atoms with Crippen LogP contribution in [0.1, 0.15) is 79.0 Å². The van der Waals surface area contributed by atoms with Gasteiger partial charge >= 0.3 is 0 Å². The van der Waals surface area contributed by atoms with Gasteiger partial charge in [0.25, 0.3) is 0 Å². The Morgan fingerprint density at radius 1 is 0.818 bits per heavy atom. The quantitative estimate of drug-likeness (QED) is 0.429. The van der Waals surface area contributed by atoms with Crippen LogP contribution in [0.4, 0.5) is 0 Å². The molecule has 0 aliphatic heterocycles. The first-order valence-electron chi connectivity index (χ1n) is 7.79. The largest absolute Gasteiger partial charge is 0.486 e. The van der Waals surface area contributed by atoms with Crippen molar-refractivity contribution in [2.45, 2.75) is 78.6 Å². The summed E-state index contributed by atoms with van der Waals surface area (Å²) in [4.78, 5) is 0. The van der Waals surface area contributed by atoms with Gasteiger partial charge in [-0.15, -0.1) is 0 Å². The molecule has 1 atom stereocenters. The van der Waals surface area contributed by atoms with Gasteiger partial charge in [0.2, 0.25) is 0 Å². The topological polar surface area (TPSA) is 0 Å². The summed E-state index contributed by atoms with van der Waals surface area (Å²) in [5.41, 5.74) is 4.30. The molecule has 0 amide bonds. The van der Waals surface area contributed by atoms with Crippen LogP contribution in [0.3, 0.4) is 0 Å². The molecule has 0 aliphatic carbocycles. The Morgan fingerprint density at radius 2 is 1.18 bits per heavy atom. The minimum Gasteiger partial charge on any atom is -0.486 e. The molecule has 1 unspecified atom stereocenters. The first-order valence-corrected chi connectivity index (χ1v) is 10.6. The maximum Gasteiger partial charge on any atom is 0.156 e. The van der Waals surface area contributed by atoms with Crippen LogP contribution in [0.15, 0.2) is 12.1 Å². The lowest BCUT2D eigenvalue weighted by molar-refractivity contribution is 0.554. The van der Waals surface area contributed by atoms with Gasteiger partial charge in [0.05, 0.1) is 0 Å². The molecule has 1 rings (SSSR count). The van der Waals surface area contributed by atoms with E-state index in [-0.39, 0.29) is 16.2 Å². The molecular formula is C19H30ClPS. The van der Waals surface area contributed by atoms with Crippen molar-refractivity contribution in [1.29, 1.82) is 0 Å². The number of rotatable bonds is 1. The van der Waals surface area contributed by atoms with Crippen LogP contribution in [-0.2, 0) is 28.5 Å². The molecule has 0 radical (unpaired) electrons. The fourth-order valence-corrected chi connectivity index (χ4v) is 4.75. The molecule has 124 valence electrons. The van der Waals surface area contributed by atoms with Crippen molar-refractivity contribution in [3.63, 3.8) is 0 Å². The molecule has 0 aliphatic rings. The Morgan fingerprint density at radius 3 is 1.41 bits per heavy atom. The molecule has 0 N–H and O–H groups in total. The molecular weight excluding hydrogens is 327 g/mol. The van der Waals surface area contributed by atoms with Crippen LogP contribution in [0.25, 0.3) is 0 Å². The number of hydrogen-bond donors (Lipinski definition) is 0. The molecule has 0 spiro atoms. The number of hydrogen-bond acceptors (Lipinski definition) is 1. The zero-order valence-corrected chi connectivity index (χ0v) is 17.9. The zero-order valence-electron chi connectivity index (χ0n) is 15.5. The second-order valence-electron chi connectivity index (χ2n) is 9.09. The standard InChI is InChI=1S/C19H30ClPS/c1-17(2,3)13-10-14(18(4,5)6)16(21(22)12-20)15(11-13)19(7,8)9/h10-12H,1-9H3. The monoisotopic (exact) mass is 356 g/mol. The summed E-state index contributed by atoms with van der Waals surface area (Å²) in [6.07, 6.45) is 0. The molecule has 0 aromatic heterocycles. The van der Waals surface area contributed by atoms with Crippen LogP contribution in [0.2, 0.25) is 0 Å². The van der Waals surface area contributed by atoms with Crippen LogP contribution < -0.4 is 5.30 Å². The molecule has 0 bridgehead atoms. The Kier molecular flexibility index (Phi) is 5.93. The van der Waals surface area contributed by atoms with Crippen molar-refractivity contribution in [1.82, 2.24) is 0 Å². The summed E-state index contributed by atoms with van der Waals surface area (Å²) >= 11 is 11.8. The third kappa shape index (κ3) is 4.53. The van der Waals surface area contributed by atoms with E-state index in [1.54, 1.807) is 5.26 Å². The van der Waals surface area contributed by atoms with Gasteiger partial charge in [0.15, 0.2) is 5.26 Å². The fourth-order valence-electron chi connectivity index (χ4n) is 2.50. The highest BCUT2D eigenvalue weighted by Gasteiger charge is 2.32. The Hall–Kier alpha value is 0.0300. The third-order valence-corrected chi connectivity index (χ3v) is 6.80. The smallest absolute Gasteiger partial charge is 0.156 e. The van der Waals surface area contributed by atoms with Gasteiger partial charge in [-0.2, -0.15) is 0 Å². The summed E-state index contributed by atoms with van der Waals surface area (Å²) in [5.74, 6) is 0. The van der Waals surface area contributed by atoms with E-state index in [9.17, 15) is 0 Å². The molecule has 3 heteroatoms. The van der Waals surface area contributed by atoms with Crippen molar-refractivity contribution in [3.05, 3.63) is 28.8 Å². The lowest BCUT2D eigenvalue weighted by Crippen LogP contribution is -2.30. The lowest BCUT2D eigenvalue weighted by atomic mass is 9.75. The number of benzene rings is 1. The Labute approximate surface area is 148 Å². The van der Waals surface area contributed by atoms with E-state index in [2.05, 4.69) is 74.4 Å². The van der Waals surface area contributed by atoms with Gasteiger partial charge < -0.3 is 12.2 Å². The number of halogens is 1. The van der Waals surface area contributed by atoms with Crippen molar-refractivity contribution in [3.8, 4) is 0 Å². The second kappa shape index (κ2) is 6.50. The summed E-state index contributed by atoms with van der Waals surface area (Å²) in [6, 6.07) is 4.71. The van der Waals surface area contributed by atoms with Gasteiger partial charge in [0, 0.05) is 17.9 Å². The first-order chi connectivity index (χ1) is 9.69. The minimum atomic E-state index is -0.868. The average molecular weight is 357 g/mol. The summed E-state index contributed by atoms with van der Waals surface area (Å²) in [7, 11) is 0.